The lowest BCUT2D eigenvalue weighted by Gasteiger charge is -2.34. The van der Waals surface area contributed by atoms with Crippen molar-refractivity contribution in [2.75, 3.05) is 48.8 Å². The molecule has 1 saturated heterocycles. The molecule has 0 radical (unpaired) electrons. The van der Waals surface area contributed by atoms with Crippen LogP contribution >= 0.6 is 0 Å². The molecule has 1 aliphatic carbocycles. The first-order chi connectivity index (χ1) is 16.1. The van der Waals surface area contributed by atoms with Crippen molar-refractivity contribution < 1.29 is 9.90 Å². The Kier molecular flexibility index (Phi) is 6.15. The van der Waals surface area contributed by atoms with E-state index >= 15 is 0 Å². The molecule has 33 heavy (non-hydrogen) atoms. The number of anilines is 4. The minimum atomic E-state index is -0.225. The van der Waals surface area contributed by atoms with Crippen molar-refractivity contribution in [2.24, 2.45) is 0 Å². The molecule has 4 N–H and O–H groups in total. The third-order valence-corrected chi connectivity index (χ3v) is 6.72. The summed E-state index contributed by atoms with van der Waals surface area (Å²) in [6.07, 6.45) is 5.53. The summed E-state index contributed by atoms with van der Waals surface area (Å²) in [5, 5.41) is 17.3. The number of benzene rings is 1. The predicted molar refractivity (Wildman–Crippen MR) is 131 cm³/mol. The molecule has 3 heterocycles. The third-order valence-electron chi connectivity index (χ3n) is 6.72. The molecule has 0 bridgehead atoms. The molecule has 2 aromatic heterocycles. The number of carbonyl (C=O) groups is 1. The van der Waals surface area contributed by atoms with Crippen LogP contribution < -0.4 is 15.5 Å². The number of aliphatic hydroxyl groups is 1. The number of aldehydes is 1. The van der Waals surface area contributed by atoms with Gasteiger partial charge in [-0.1, -0.05) is 0 Å². The molecule has 174 valence electrons. The molecule has 5 rings (SSSR count). The SMILES string of the molecule is CN1CCN(c2ccc(Nc3nc(NC4CCC(O)CC4)c4c(C=O)c[nH]c4n3)cc2)CC1. The van der Waals surface area contributed by atoms with E-state index in [4.69, 9.17) is 4.98 Å². The number of nitrogens with zero attached hydrogens (tertiary/aromatic N) is 4. The molecule has 2 aliphatic rings. The number of aliphatic hydroxyl groups excluding tert-OH is 1. The summed E-state index contributed by atoms with van der Waals surface area (Å²) in [6.45, 7) is 4.20. The van der Waals surface area contributed by atoms with Crippen LogP contribution in [0, 0.1) is 0 Å². The molecule has 0 spiro atoms. The maximum Gasteiger partial charge on any atom is 0.231 e. The Morgan fingerprint density at radius 2 is 1.79 bits per heavy atom. The van der Waals surface area contributed by atoms with E-state index in [1.807, 2.05) is 12.1 Å². The highest BCUT2D eigenvalue weighted by Crippen LogP contribution is 2.29. The lowest BCUT2D eigenvalue weighted by atomic mass is 9.93. The summed E-state index contributed by atoms with van der Waals surface area (Å²) < 4.78 is 0. The highest BCUT2D eigenvalue weighted by Gasteiger charge is 2.22. The second kappa shape index (κ2) is 9.36. The number of nitrogens with one attached hydrogen (secondary N) is 3. The summed E-state index contributed by atoms with van der Waals surface area (Å²) in [5.41, 5.74) is 3.27. The average Bonchev–Trinajstić information content (AvgIpc) is 3.25. The lowest BCUT2D eigenvalue weighted by molar-refractivity contribution is 0.112. The Bertz CT molecular complexity index is 1100. The van der Waals surface area contributed by atoms with Crippen LogP contribution in [0.1, 0.15) is 36.0 Å². The molecule has 9 heteroatoms. The van der Waals surface area contributed by atoms with Crippen molar-refractivity contribution in [3.8, 4) is 0 Å². The summed E-state index contributed by atoms with van der Waals surface area (Å²) in [7, 11) is 2.16. The number of aromatic amines is 1. The molecule has 2 fully saturated rings. The van der Waals surface area contributed by atoms with Crippen molar-refractivity contribution in [2.45, 2.75) is 37.8 Å². The highest BCUT2D eigenvalue weighted by molar-refractivity contribution is 6.02. The zero-order chi connectivity index (χ0) is 22.8. The number of hydrogen-bond acceptors (Lipinski definition) is 8. The zero-order valence-corrected chi connectivity index (χ0v) is 18.9. The van der Waals surface area contributed by atoms with Gasteiger partial charge < -0.3 is 30.5 Å². The molecular weight excluding hydrogens is 418 g/mol. The monoisotopic (exact) mass is 449 g/mol. The third kappa shape index (κ3) is 4.79. The van der Waals surface area contributed by atoms with Gasteiger partial charge in [0.05, 0.1) is 11.5 Å². The Hall–Kier alpha value is -3.17. The van der Waals surface area contributed by atoms with Gasteiger partial charge in [-0.05, 0) is 57.0 Å². The maximum atomic E-state index is 11.6. The summed E-state index contributed by atoms with van der Waals surface area (Å²) in [6, 6.07) is 8.54. The first kappa shape index (κ1) is 21.7. The van der Waals surface area contributed by atoms with Crippen molar-refractivity contribution in [1.29, 1.82) is 0 Å². The van der Waals surface area contributed by atoms with E-state index in [1.54, 1.807) is 6.20 Å². The number of aromatic nitrogens is 3. The molecule has 1 saturated carbocycles. The fraction of sp³-hybridized carbons (Fsp3) is 0.458. The van der Waals surface area contributed by atoms with Crippen LogP contribution in [0.5, 0.6) is 0 Å². The van der Waals surface area contributed by atoms with Crippen LogP contribution in [0.15, 0.2) is 30.5 Å². The van der Waals surface area contributed by atoms with E-state index in [9.17, 15) is 9.90 Å². The van der Waals surface area contributed by atoms with Crippen molar-refractivity contribution in [3.63, 3.8) is 0 Å². The van der Waals surface area contributed by atoms with Crippen molar-refractivity contribution >= 4 is 40.5 Å². The van der Waals surface area contributed by atoms with E-state index in [0.717, 1.165) is 63.8 Å². The maximum absolute atomic E-state index is 11.6. The van der Waals surface area contributed by atoms with E-state index in [1.165, 1.54) is 5.69 Å². The number of carbonyl (C=O) groups excluding carboxylic acids is 1. The zero-order valence-electron chi connectivity index (χ0n) is 18.9. The van der Waals surface area contributed by atoms with Crippen LogP contribution in [0.25, 0.3) is 11.0 Å². The summed E-state index contributed by atoms with van der Waals surface area (Å²) in [4.78, 5) is 28.7. The minimum absolute atomic E-state index is 0.205. The highest BCUT2D eigenvalue weighted by atomic mass is 16.3. The predicted octanol–water partition coefficient (Wildman–Crippen LogP) is 2.98. The molecule has 0 unspecified atom stereocenters. The van der Waals surface area contributed by atoms with Gasteiger partial charge >= 0.3 is 0 Å². The fourth-order valence-corrected chi connectivity index (χ4v) is 4.67. The molecule has 0 atom stereocenters. The van der Waals surface area contributed by atoms with E-state index < -0.39 is 0 Å². The molecular formula is C24H31N7O2. The van der Waals surface area contributed by atoms with Gasteiger partial charge in [0.2, 0.25) is 5.95 Å². The molecule has 0 amide bonds. The largest absolute Gasteiger partial charge is 0.393 e. The smallest absolute Gasteiger partial charge is 0.231 e. The second-order valence-corrected chi connectivity index (χ2v) is 9.09. The number of hydrogen-bond donors (Lipinski definition) is 4. The van der Waals surface area contributed by atoms with Crippen LogP contribution in [0.2, 0.25) is 0 Å². The number of H-pyrrole nitrogens is 1. The van der Waals surface area contributed by atoms with E-state index in [-0.39, 0.29) is 12.1 Å². The molecule has 9 nitrogen and oxygen atoms in total. The second-order valence-electron chi connectivity index (χ2n) is 9.09. The summed E-state index contributed by atoms with van der Waals surface area (Å²) >= 11 is 0. The first-order valence-electron chi connectivity index (χ1n) is 11.7. The molecule has 3 aromatic rings. The van der Waals surface area contributed by atoms with Gasteiger partial charge in [0.25, 0.3) is 0 Å². The average molecular weight is 450 g/mol. The molecule has 1 aliphatic heterocycles. The van der Waals surface area contributed by atoms with Gasteiger partial charge in [-0.15, -0.1) is 0 Å². The quantitative estimate of drug-likeness (QED) is 0.425. The van der Waals surface area contributed by atoms with Gasteiger partial charge in [-0.25, -0.2) is 0 Å². The van der Waals surface area contributed by atoms with E-state index in [2.05, 4.69) is 49.6 Å². The Morgan fingerprint density at radius 3 is 2.48 bits per heavy atom. The Labute approximate surface area is 193 Å². The number of rotatable bonds is 6. The Morgan fingerprint density at radius 1 is 1.06 bits per heavy atom. The Balaban J connectivity index is 1.36. The van der Waals surface area contributed by atoms with Gasteiger partial charge in [-0.2, -0.15) is 9.97 Å². The lowest BCUT2D eigenvalue weighted by Crippen LogP contribution is -2.44. The normalized spacial score (nSPS) is 21.8. The summed E-state index contributed by atoms with van der Waals surface area (Å²) in [5.74, 6) is 1.11. The fourth-order valence-electron chi connectivity index (χ4n) is 4.67. The van der Waals surface area contributed by atoms with Gasteiger partial charge in [-0.3, -0.25) is 4.79 Å². The van der Waals surface area contributed by atoms with E-state index in [0.29, 0.717) is 28.4 Å². The topological polar surface area (TPSA) is 109 Å². The van der Waals surface area contributed by atoms with Crippen molar-refractivity contribution in [1.82, 2.24) is 19.9 Å². The van der Waals surface area contributed by atoms with Gasteiger partial charge in [0.1, 0.15) is 11.5 Å². The van der Waals surface area contributed by atoms with Gasteiger partial charge in [0.15, 0.2) is 6.29 Å². The first-order valence-corrected chi connectivity index (χ1v) is 11.7. The van der Waals surface area contributed by atoms with Gasteiger partial charge in [0, 0.05) is 55.4 Å². The minimum Gasteiger partial charge on any atom is -0.393 e. The van der Waals surface area contributed by atoms with Crippen LogP contribution in [0.4, 0.5) is 23.1 Å². The number of piperazine rings is 1. The van der Waals surface area contributed by atoms with Crippen LogP contribution in [-0.2, 0) is 0 Å². The number of fused-ring (bicyclic) bond motifs is 1. The number of likely N-dealkylation sites (N-methyl/N-ethyl adjacent to an activating group) is 1. The molecule has 1 aromatic carbocycles. The van der Waals surface area contributed by atoms with Crippen molar-refractivity contribution in [3.05, 3.63) is 36.0 Å². The standard InChI is InChI=1S/C24H31N7O2/c1-30-10-12-31(13-11-30)19-6-2-18(3-7-19)27-24-28-22-21(16(15-32)14-25-22)23(29-24)26-17-4-8-20(33)9-5-17/h2-3,6-7,14-15,17,20,33H,4-5,8-13H2,1H3,(H3,25,26,27,28,29). The van der Waals surface area contributed by atoms with Crippen LogP contribution in [-0.4, -0.2) is 76.6 Å². The van der Waals surface area contributed by atoms with Crippen LogP contribution in [0.3, 0.4) is 0 Å².